The highest BCUT2D eigenvalue weighted by Crippen LogP contribution is 2.23. The Morgan fingerprint density at radius 3 is 2.57 bits per heavy atom. The van der Waals surface area contributed by atoms with Gasteiger partial charge in [-0.3, -0.25) is 0 Å². The average Bonchev–Trinajstić information content (AvgIpc) is 2.85. The van der Waals surface area contributed by atoms with Gasteiger partial charge in [-0.25, -0.2) is 4.98 Å². The summed E-state index contributed by atoms with van der Waals surface area (Å²) in [6.45, 7) is 7.13. The first-order valence-electron chi connectivity index (χ1n) is 7.85. The lowest BCUT2D eigenvalue weighted by Crippen LogP contribution is -2.14. The first-order chi connectivity index (χ1) is 11.0. The predicted molar refractivity (Wildman–Crippen MR) is 100 cm³/mol. The van der Waals surface area contributed by atoms with Crippen molar-refractivity contribution < 1.29 is 0 Å². The van der Waals surface area contributed by atoms with E-state index < -0.39 is 0 Å². The summed E-state index contributed by atoms with van der Waals surface area (Å²) in [5.74, 6) is 1.09. The summed E-state index contributed by atoms with van der Waals surface area (Å²) < 4.78 is 2.28. The molecule has 3 nitrogen and oxygen atoms in total. The molecule has 0 spiro atoms. The minimum absolute atomic E-state index is 0.440. The molecule has 4 heteroatoms. The molecule has 0 unspecified atom stereocenters. The van der Waals surface area contributed by atoms with Gasteiger partial charge in [0.1, 0.15) is 10.8 Å². The number of hydrogen-bond acceptors (Lipinski definition) is 2. The van der Waals surface area contributed by atoms with E-state index >= 15 is 0 Å². The van der Waals surface area contributed by atoms with Gasteiger partial charge in [0.15, 0.2) is 0 Å². The molecular formula is C19H21N3S. The lowest BCUT2D eigenvalue weighted by Gasteiger charge is -2.12. The fourth-order valence-corrected chi connectivity index (χ4v) is 3.14. The predicted octanol–water partition coefficient (Wildman–Crippen LogP) is 3.90. The fraction of sp³-hybridized carbons (Fsp3) is 0.263. The standard InChI is InChI=1S/C19H21N3S/c1-4-18-21-16-9-12(2)13(3)10-17(16)22(18)11-14-7-5-6-8-15(14)19(20)23/h5-10H,4,11H2,1-3H3,(H2,20,23). The third-order valence-corrected chi connectivity index (χ3v) is 4.59. The van der Waals surface area contributed by atoms with Crippen LogP contribution < -0.4 is 5.73 Å². The summed E-state index contributed by atoms with van der Waals surface area (Å²) in [5, 5.41) is 0. The van der Waals surface area contributed by atoms with Gasteiger partial charge < -0.3 is 10.3 Å². The maximum Gasteiger partial charge on any atom is 0.109 e. The fourth-order valence-electron chi connectivity index (χ4n) is 2.95. The highest BCUT2D eigenvalue weighted by atomic mass is 32.1. The minimum atomic E-state index is 0.440. The quantitative estimate of drug-likeness (QED) is 0.741. The molecule has 1 heterocycles. The molecule has 0 atom stereocenters. The van der Waals surface area contributed by atoms with E-state index in [4.69, 9.17) is 22.9 Å². The summed E-state index contributed by atoms with van der Waals surface area (Å²) in [6, 6.07) is 12.5. The Bertz CT molecular complexity index is 893. The van der Waals surface area contributed by atoms with Crippen molar-refractivity contribution >= 4 is 28.2 Å². The number of nitrogens with two attached hydrogens (primary N) is 1. The van der Waals surface area contributed by atoms with E-state index in [1.165, 1.54) is 16.6 Å². The molecule has 0 amide bonds. The van der Waals surface area contributed by atoms with Crippen molar-refractivity contribution in [2.75, 3.05) is 0 Å². The molecule has 3 rings (SSSR count). The Balaban J connectivity index is 2.16. The van der Waals surface area contributed by atoms with Crippen molar-refractivity contribution in [3.63, 3.8) is 0 Å². The molecule has 0 bridgehead atoms. The summed E-state index contributed by atoms with van der Waals surface area (Å²) in [4.78, 5) is 5.24. The van der Waals surface area contributed by atoms with Crippen molar-refractivity contribution in [1.82, 2.24) is 9.55 Å². The molecule has 0 aliphatic heterocycles. The van der Waals surface area contributed by atoms with E-state index in [-0.39, 0.29) is 0 Å². The summed E-state index contributed by atoms with van der Waals surface area (Å²) in [7, 11) is 0. The van der Waals surface area contributed by atoms with Gasteiger partial charge in [-0.15, -0.1) is 0 Å². The van der Waals surface area contributed by atoms with Gasteiger partial charge in [0.2, 0.25) is 0 Å². The van der Waals surface area contributed by atoms with Crippen molar-refractivity contribution in [3.8, 4) is 0 Å². The highest BCUT2D eigenvalue weighted by Gasteiger charge is 2.13. The monoisotopic (exact) mass is 323 g/mol. The van der Waals surface area contributed by atoms with Crippen LogP contribution in [0.3, 0.4) is 0 Å². The molecule has 0 aliphatic rings. The third-order valence-electron chi connectivity index (χ3n) is 4.37. The van der Waals surface area contributed by atoms with Crippen LogP contribution in [0.4, 0.5) is 0 Å². The van der Waals surface area contributed by atoms with Crippen LogP contribution in [0.5, 0.6) is 0 Å². The Hall–Kier alpha value is -2.20. The molecule has 0 aliphatic carbocycles. The van der Waals surface area contributed by atoms with Crippen molar-refractivity contribution in [2.45, 2.75) is 33.7 Å². The Kier molecular flexibility index (Phi) is 4.18. The Morgan fingerprint density at radius 2 is 1.87 bits per heavy atom. The number of rotatable bonds is 4. The molecule has 0 radical (unpaired) electrons. The zero-order chi connectivity index (χ0) is 16.6. The van der Waals surface area contributed by atoms with Gasteiger partial charge in [0.05, 0.1) is 17.6 Å². The van der Waals surface area contributed by atoms with Crippen LogP contribution in [0, 0.1) is 13.8 Å². The zero-order valence-electron chi connectivity index (χ0n) is 13.8. The van der Waals surface area contributed by atoms with Crippen LogP contribution in [0.2, 0.25) is 0 Å². The largest absolute Gasteiger partial charge is 0.389 e. The number of imidazole rings is 1. The van der Waals surface area contributed by atoms with Gasteiger partial charge in [-0.2, -0.15) is 0 Å². The highest BCUT2D eigenvalue weighted by molar-refractivity contribution is 7.80. The Morgan fingerprint density at radius 1 is 1.17 bits per heavy atom. The topological polar surface area (TPSA) is 43.8 Å². The lowest BCUT2D eigenvalue weighted by atomic mass is 10.1. The number of hydrogen-bond donors (Lipinski definition) is 1. The smallest absolute Gasteiger partial charge is 0.109 e. The normalized spacial score (nSPS) is 11.1. The Labute approximate surface area is 142 Å². The molecule has 0 saturated heterocycles. The van der Waals surface area contributed by atoms with Crippen molar-refractivity contribution in [3.05, 3.63) is 64.5 Å². The molecule has 2 aromatic carbocycles. The second kappa shape index (κ2) is 6.13. The minimum Gasteiger partial charge on any atom is -0.389 e. The number of aromatic nitrogens is 2. The molecule has 2 N–H and O–H groups in total. The molecule has 1 aromatic heterocycles. The summed E-state index contributed by atoms with van der Waals surface area (Å²) >= 11 is 5.19. The second-order valence-electron chi connectivity index (χ2n) is 5.91. The summed E-state index contributed by atoms with van der Waals surface area (Å²) in [5.41, 5.74) is 12.7. The first kappa shape index (κ1) is 15.7. The van der Waals surface area contributed by atoms with E-state index in [2.05, 4.69) is 43.5 Å². The maximum atomic E-state index is 5.88. The lowest BCUT2D eigenvalue weighted by molar-refractivity contribution is 0.752. The molecular weight excluding hydrogens is 302 g/mol. The third kappa shape index (κ3) is 2.86. The molecule has 0 saturated carbocycles. The van der Waals surface area contributed by atoms with E-state index in [1.807, 2.05) is 18.2 Å². The number of fused-ring (bicyclic) bond motifs is 1. The molecule has 118 valence electrons. The van der Waals surface area contributed by atoms with Crippen molar-refractivity contribution in [1.29, 1.82) is 0 Å². The summed E-state index contributed by atoms with van der Waals surface area (Å²) in [6.07, 6.45) is 0.891. The van der Waals surface area contributed by atoms with Crippen molar-refractivity contribution in [2.24, 2.45) is 5.73 Å². The van der Waals surface area contributed by atoms with Crippen LogP contribution in [-0.4, -0.2) is 14.5 Å². The van der Waals surface area contributed by atoms with Crippen LogP contribution in [0.25, 0.3) is 11.0 Å². The van der Waals surface area contributed by atoms with Gasteiger partial charge in [-0.1, -0.05) is 43.4 Å². The van der Waals surface area contributed by atoms with E-state index in [0.717, 1.165) is 35.4 Å². The van der Waals surface area contributed by atoms with Gasteiger partial charge >= 0.3 is 0 Å². The van der Waals surface area contributed by atoms with Gasteiger partial charge in [0.25, 0.3) is 0 Å². The molecule has 0 fully saturated rings. The van der Waals surface area contributed by atoms with Crippen LogP contribution in [0.15, 0.2) is 36.4 Å². The van der Waals surface area contributed by atoms with Crippen LogP contribution in [0.1, 0.15) is 35.0 Å². The number of benzene rings is 2. The maximum absolute atomic E-state index is 5.88. The number of aryl methyl sites for hydroxylation is 3. The number of thiocarbonyl (C=S) groups is 1. The van der Waals surface area contributed by atoms with E-state index in [1.54, 1.807) is 0 Å². The van der Waals surface area contributed by atoms with E-state index in [9.17, 15) is 0 Å². The zero-order valence-corrected chi connectivity index (χ0v) is 14.6. The molecule has 23 heavy (non-hydrogen) atoms. The second-order valence-corrected chi connectivity index (χ2v) is 6.35. The van der Waals surface area contributed by atoms with Crippen LogP contribution >= 0.6 is 12.2 Å². The van der Waals surface area contributed by atoms with Gasteiger partial charge in [-0.05, 0) is 42.7 Å². The van der Waals surface area contributed by atoms with Gasteiger partial charge in [0, 0.05) is 12.0 Å². The molecule has 3 aromatic rings. The van der Waals surface area contributed by atoms with Crippen LogP contribution in [-0.2, 0) is 13.0 Å². The van der Waals surface area contributed by atoms with E-state index in [0.29, 0.717) is 4.99 Å². The SMILES string of the molecule is CCc1nc2cc(C)c(C)cc2n1Cc1ccccc1C(N)=S. The number of nitrogens with zero attached hydrogens (tertiary/aromatic N) is 2. The first-order valence-corrected chi connectivity index (χ1v) is 8.26. The average molecular weight is 323 g/mol.